The van der Waals surface area contributed by atoms with Crippen molar-refractivity contribution in [2.24, 2.45) is 4.99 Å². The van der Waals surface area contributed by atoms with E-state index in [4.69, 9.17) is 0 Å². The summed E-state index contributed by atoms with van der Waals surface area (Å²) in [5.41, 5.74) is 0. The SMILES string of the molecule is CCCCCCNC(=NC)NCC(C)N1CCN(C)CC1. The highest BCUT2D eigenvalue weighted by Gasteiger charge is 2.18. The average molecular weight is 297 g/mol. The van der Waals surface area contributed by atoms with E-state index < -0.39 is 0 Å². The zero-order valence-corrected chi connectivity index (χ0v) is 14.5. The number of nitrogens with zero attached hydrogens (tertiary/aromatic N) is 3. The summed E-state index contributed by atoms with van der Waals surface area (Å²) in [5, 5.41) is 6.86. The van der Waals surface area contributed by atoms with E-state index >= 15 is 0 Å². The topological polar surface area (TPSA) is 42.9 Å². The maximum absolute atomic E-state index is 4.30. The molecule has 1 rings (SSSR count). The standard InChI is InChI=1S/C16H35N5/c1-5-6-7-8-9-18-16(17-3)19-14-15(2)21-12-10-20(4)11-13-21/h15H,5-14H2,1-4H3,(H2,17,18,19). The molecule has 1 atom stereocenters. The van der Waals surface area contributed by atoms with E-state index in [1.165, 1.54) is 51.9 Å². The van der Waals surface area contributed by atoms with E-state index in [0.717, 1.165) is 19.0 Å². The largest absolute Gasteiger partial charge is 0.356 e. The predicted molar refractivity (Wildman–Crippen MR) is 92.0 cm³/mol. The fourth-order valence-electron chi connectivity index (χ4n) is 2.62. The number of piperazine rings is 1. The van der Waals surface area contributed by atoms with Crippen LogP contribution in [0.2, 0.25) is 0 Å². The van der Waals surface area contributed by atoms with Crippen LogP contribution in [0.1, 0.15) is 39.5 Å². The van der Waals surface area contributed by atoms with Crippen molar-refractivity contribution in [3.63, 3.8) is 0 Å². The Balaban J connectivity index is 2.15. The second-order valence-corrected chi connectivity index (χ2v) is 6.13. The average Bonchev–Trinajstić information content (AvgIpc) is 2.50. The molecule has 1 saturated heterocycles. The molecule has 0 spiro atoms. The second kappa shape index (κ2) is 10.9. The van der Waals surface area contributed by atoms with E-state index in [1.807, 2.05) is 7.05 Å². The van der Waals surface area contributed by atoms with Crippen molar-refractivity contribution in [2.75, 3.05) is 53.4 Å². The third-order valence-electron chi connectivity index (χ3n) is 4.27. The second-order valence-electron chi connectivity index (χ2n) is 6.13. The van der Waals surface area contributed by atoms with Gasteiger partial charge in [0.25, 0.3) is 0 Å². The maximum atomic E-state index is 4.30. The van der Waals surface area contributed by atoms with Crippen molar-refractivity contribution < 1.29 is 0 Å². The molecule has 0 bridgehead atoms. The van der Waals surface area contributed by atoms with Crippen molar-refractivity contribution in [3.05, 3.63) is 0 Å². The molecule has 0 aromatic carbocycles. The summed E-state index contributed by atoms with van der Waals surface area (Å²) in [4.78, 5) is 9.26. The Kier molecular flexibility index (Phi) is 9.42. The molecule has 5 heteroatoms. The minimum absolute atomic E-state index is 0.553. The van der Waals surface area contributed by atoms with Gasteiger partial charge < -0.3 is 15.5 Å². The molecule has 0 aliphatic carbocycles. The van der Waals surface area contributed by atoms with E-state index in [2.05, 4.69) is 46.3 Å². The van der Waals surface area contributed by atoms with E-state index in [-0.39, 0.29) is 0 Å². The van der Waals surface area contributed by atoms with Crippen molar-refractivity contribution >= 4 is 5.96 Å². The molecule has 1 aliphatic rings. The summed E-state index contributed by atoms with van der Waals surface area (Å²) in [5.74, 6) is 0.937. The van der Waals surface area contributed by atoms with Gasteiger partial charge in [-0.05, 0) is 20.4 Å². The number of likely N-dealkylation sites (N-methyl/N-ethyl adjacent to an activating group) is 1. The van der Waals surface area contributed by atoms with Crippen molar-refractivity contribution in [2.45, 2.75) is 45.6 Å². The molecule has 0 aromatic heterocycles. The molecule has 1 heterocycles. The van der Waals surface area contributed by atoms with Crippen LogP contribution in [0.5, 0.6) is 0 Å². The van der Waals surface area contributed by atoms with E-state index in [1.54, 1.807) is 0 Å². The van der Waals surface area contributed by atoms with Crippen LogP contribution in [-0.4, -0.2) is 75.2 Å². The van der Waals surface area contributed by atoms with Crippen molar-refractivity contribution in [1.82, 2.24) is 20.4 Å². The first kappa shape index (κ1) is 18.2. The number of aliphatic imine (C=N–C) groups is 1. The summed E-state index contributed by atoms with van der Waals surface area (Å²) >= 11 is 0. The molecule has 0 radical (unpaired) electrons. The summed E-state index contributed by atoms with van der Waals surface area (Å²) in [6, 6.07) is 0.553. The number of nitrogens with one attached hydrogen (secondary N) is 2. The zero-order valence-electron chi connectivity index (χ0n) is 14.5. The highest BCUT2D eigenvalue weighted by atomic mass is 15.3. The van der Waals surface area contributed by atoms with Crippen LogP contribution in [0.3, 0.4) is 0 Å². The van der Waals surface area contributed by atoms with Gasteiger partial charge >= 0.3 is 0 Å². The maximum Gasteiger partial charge on any atom is 0.191 e. The monoisotopic (exact) mass is 297 g/mol. The van der Waals surface area contributed by atoms with E-state index in [9.17, 15) is 0 Å². The molecule has 1 fully saturated rings. The Morgan fingerprint density at radius 2 is 1.81 bits per heavy atom. The Morgan fingerprint density at radius 3 is 2.43 bits per heavy atom. The first-order valence-corrected chi connectivity index (χ1v) is 8.54. The Morgan fingerprint density at radius 1 is 1.10 bits per heavy atom. The zero-order chi connectivity index (χ0) is 15.5. The number of unbranched alkanes of at least 4 members (excludes halogenated alkanes) is 3. The fourth-order valence-corrected chi connectivity index (χ4v) is 2.62. The van der Waals surface area contributed by atoms with Gasteiger partial charge in [0.2, 0.25) is 0 Å². The highest BCUT2D eigenvalue weighted by molar-refractivity contribution is 5.79. The molecule has 0 saturated carbocycles. The Hall–Kier alpha value is -0.810. The third kappa shape index (κ3) is 7.67. The first-order valence-electron chi connectivity index (χ1n) is 8.54. The number of rotatable bonds is 8. The number of guanidine groups is 1. The van der Waals surface area contributed by atoms with Crippen LogP contribution in [-0.2, 0) is 0 Å². The Labute approximate surface area is 131 Å². The number of hydrogen-bond acceptors (Lipinski definition) is 3. The van der Waals surface area contributed by atoms with Crippen LogP contribution >= 0.6 is 0 Å². The molecule has 0 aromatic rings. The van der Waals surface area contributed by atoms with Crippen LogP contribution in [0.4, 0.5) is 0 Å². The van der Waals surface area contributed by atoms with Crippen LogP contribution in [0.15, 0.2) is 4.99 Å². The van der Waals surface area contributed by atoms with Gasteiger partial charge in [0.1, 0.15) is 0 Å². The van der Waals surface area contributed by atoms with Crippen LogP contribution < -0.4 is 10.6 Å². The van der Waals surface area contributed by atoms with Gasteiger partial charge in [0.05, 0.1) is 0 Å². The normalized spacial score (nSPS) is 19.5. The molecule has 0 amide bonds. The lowest BCUT2D eigenvalue weighted by molar-refractivity contribution is 0.120. The minimum atomic E-state index is 0.553. The van der Waals surface area contributed by atoms with Gasteiger partial charge in [-0.2, -0.15) is 0 Å². The van der Waals surface area contributed by atoms with Gasteiger partial charge in [-0.15, -0.1) is 0 Å². The summed E-state index contributed by atoms with van der Waals surface area (Å²) in [6.07, 6.45) is 5.14. The van der Waals surface area contributed by atoms with E-state index in [0.29, 0.717) is 6.04 Å². The molecular weight excluding hydrogens is 262 g/mol. The lowest BCUT2D eigenvalue weighted by Gasteiger charge is -2.36. The summed E-state index contributed by atoms with van der Waals surface area (Å²) in [6.45, 7) is 11.2. The Bertz CT molecular complexity index is 284. The quantitative estimate of drug-likeness (QED) is 0.403. The molecule has 21 heavy (non-hydrogen) atoms. The van der Waals surface area contributed by atoms with Crippen LogP contribution in [0.25, 0.3) is 0 Å². The molecule has 2 N–H and O–H groups in total. The van der Waals surface area contributed by atoms with Gasteiger partial charge in [-0.1, -0.05) is 26.2 Å². The van der Waals surface area contributed by atoms with Gasteiger partial charge in [-0.3, -0.25) is 9.89 Å². The lowest BCUT2D eigenvalue weighted by atomic mass is 10.2. The molecule has 1 aliphatic heterocycles. The fraction of sp³-hybridized carbons (Fsp3) is 0.938. The first-order chi connectivity index (χ1) is 10.2. The summed E-state index contributed by atoms with van der Waals surface area (Å²) < 4.78 is 0. The molecule has 1 unspecified atom stereocenters. The number of hydrogen-bond donors (Lipinski definition) is 2. The third-order valence-corrected chi connectivity index (χ3v) is 4.27. The lowest BCUT2D eigenvalue weighted by Crippen LogP contribution is -2.52. The molecule has 5 nitrogen and oxygen atoms in total. The highest BCUT2D eigenvalue weighted by Crippen LogP contribution is 2.04. The minimum Gasteiger partial charge on any atom is -0.356 e. The van der Waals surface area contributed by atoms with Gasteiger partial charge in [0, 0.05) is 52.4 Å². The van der Waals surface area contributed by atoms with Crippen molar-refractivity contribution in [1.29, 1.82) is 0 Å². The van der Waals surface area contributed by atoms with Crippen LogP contribution in [0, 0.1) is 0 Å². The predicted octanol–water partition coefficient (Wildman–Crippen LogP) is 1.37. The summed E-state index contributed by atoms with van der Waals surface area (Å²) in [7, 11) is 4.05. The smallest absolute Gasteiger partial charge is 0.191 e. The van der Waals surface area contributed by atoms with Gasteiger partial charge in [-0.25, -0.2) is 0 Å². The molecular formula is C16H35N5. The molecule has 124 valence electrons. The van der Waals surface area contributed by atoms with Gasteiger partial charge in [0.15, 0.2) is 5.96 Å². The van der Waals surface area contributed by atoms with Crippen molar-refractivity contribution in [3.8, 4) is 0 Å².